The summed E-state index contributed by atoms with van der Waals surface area (Å²) < 4.78 is 13.4. The van der Waals surface area contributed by atoms with Gasteiger partial charge in [0.05, 0.1) is 5.56 Å². The van der Waals surface area contributed by atoms with Crippen LogP contribution < -0.4 is 4.90 Å². The Morgan fingerprint density at radius 2 is 2.00 bits per heavy atom. The van der Waals surface area contributed by atoms with E-state index < -0.39 is 5.82 Å². The van der Waals surface area contributed by atoms with Crippen LogP contribution in [0.15, 0.2) is 46.9 Å². The minimum absolute atomic E-state index is 0.0790. The van der Waals surface area contributed by atoms with Gasteiger partial charge in [-0.15, -0.1) is 0 Å². The summed E-state index contributed by atoms with van der Waals surface area (Å²) in [5.41, 5.74) is 0.911. The third-order valence-electron chi connectivity index (χ3n) is 2.68. The third-order valence-corrected chi connectivity index (χ3v) is 3.34. The van der Waals surface area contributed by atoms with Gasteiger partial charge in [-0.2, -0.15) is 0 Å². The van der Waals surface area contributed by atoms with Crippen LogP contribution in [0.25, 0.3) is 0 Å². The van der Waals surface area contributed by atoms with Gasteiger partial charge in [-0.25, -0.2) is 4.39 Å². The number of phenols is 1. The number of carbonyl (C=O) groups is 1. The zero-order valence-corrected chi connectivity index (χ0v) is 11.7. The Balaban J connectivity index is 2.33. The third kappa shape index (κ3) is 2.93. The zero-order chi connectivity index (χ0) is 14.0. The van der Waals surface area contributed by atoms with Crippen LogP contribution in [0.5, 0.6) is 5.75 Å². The molecule has 0 radical (unpaired) electrons. The van der Waals surface area contributed by atoms with Crippen molar-refractivity contribution in [3.8, 4) is 5.75 Å². The number of rotatable bonds is 2. The van der Waals surface area contributed by atoms with Crippen molar-refractivity contribution in [2.24, 2.45) is 0 Å². The van der Waals surface area contributed by atoms with Crippen LogP contribution in [0, 0.1) is 5.82 Å². The molecule has 1 amide bonds. The first-order valence-electron chi connectivity index (χ1n) is 5.51. The molecule has 0 bridgehead atoms. The monoisotopic (exact) mass is 323 g/mol. The fourth-order valence-electron chi connectivity index (χ4n) is 1.66. The normalized spacial score (nSPS) is 10.3. The molecule has 19 heavy (non-hydrogen) atoms. The second-order valence-corrected chi connectivity index (χ2v) is 4.86. The predicted molar refractivity (Wildman–Crippen MR) is 74.9 cm³/mol. The lowest BCUT2D eigenvalue weighted by Gasteiger charge is -2.18. The number of phenolic OH excluding ortho intramolecular Hbond substituents is 1. The predicted octanol–water partition coefficient (Wildman–Crippen LogP) is 3.57. The summed E-state index contributed by atoms with van der Waals surface area (Å²) in [5.74, 6) is -0.628. The SMILES string of the molecule is CN(C(=O)c1ccc(F)cc1Br)c1cccc(O)c1. The second-order valence-electron chi connectivity index (χ2n) is 4.01. The average molecular weight is 324 g/mol. The van der Waals surface area contributed by atoms with E-state index in [-0.39, 0.29) is 11.7 Å². The number of halogens is 2. The van der Waals surface area contributed by atoms with Crippen molar-refractivity contribution >= 4 is 27.5 Å². The van der Waals surface area contributed by atoms with Gasteiger partial charge in [0.25, 0.3) is 5.91 Å². The van der Waals surface area contributed by atoms with E-state index in [0.29, 0.717) is 15.7 Å². The van der Waals surface area contributed by atoms with Gasteiger partial charge in [0.15, 0.2) is 0 Å². The van der Waals surface area contributed by atoms with E-state index in [0.717, 1.165) is 0 Å². The summed E-state index contributed by atoms with van der Waals surface area (Å²) in [6, 6.07) is 10.2. The molecule has 98 valence electrons. The molecular weight excluding hydrogens is 313 g/mol. The lowest BCUT2D eigenvalue weighted by atomic mass is 10.2. The minimum Gasteiger partial charge on any atom is -0.508 e. The van der Waals surface area contributed by atoms with Crippen molar-refractivity contribution in [2.75, 3.05) is 11.9 Å². The molecule has 2 rings (SSSR count). The van der Waals surface area contributed by atoms with E-state index in [1.54, 1.807) is 19.2 Å². The quantitative estimate of drug-likeness (QED) is 0.917. The molecule has 3 nitrogen and oxygen atoms in total. The van der Waals surface area contributed by atoms with Gasteiger partial charge in [0.2, 0.25) is 0 Å². The smallest absolute Gasteiger partial charge is 0.259 e. The maximum atomic E-state index is 13.0. The van der Waals surface area contributed by atoms with Crippen molar-refractivity contribution in [3.63, 3.8) is 0 Å². The van der Waals surface area contributed by atoms with Crippen LogP contribution in [-0.4, -0.2) is 18.1 Å². The average Bonchev–Trinajstić information content (AvgIpc) is 2.37. The van der Waals surface area contributed by atoms with Crippen LogP contribution in [0.1, 0.15) is 10.4 Å². The van der Waals surface area contributed by atoms with Crippen molar-refractivity contribution in [1.82, 2.24) is 0 Å². The highest BCUT2D eigenvalue weighted by Gasteiger charge is 2.16. The molecule has 0 aliphatic carbocycles. The Bertz CT molecular complexity index is 631. The second kappa shape index (κ2) is 5.40. The maximum absolute atomic E-state index is 13.0. The molecule has 0 saturated carbocycles. The van der Waals surface area contributed by atoms with Crippen molar-refractivity contribution in [3.05, 3.63) is 58.3 Å². The number of hydrogen-bond acceptors (Lipinski definition) is 2. The highest BCUT2D eigenvalue weighted by Crippen LogP contribution is 2.24. The van der Waals surface area contributed by atoms with E-state index >= 15 is 0 Å². The van der Waals surface area contributed by atoms with Crippen LogP contribution in [0.3, 0.4) is 0 Å². The van der Waals surface area contributed by atoms with Crippen LogP contribution in [0.2, 0.25) is 0 Å². The first-order valence-corrected chi connectivity index (χ1v) is 6.30. The lowest BCUT2D eigenvalue weighted by Crippen LogP contribution is -2.26. The molecule has 0 saturated heterocycles. The number of hydrogen-bond donors (Lipinski definition) is 1. The highest BCUT2D eigenvalue weighted by molar-refractivity contribution is 9.10. The maximum Gasteiger partial charge on any atom is 0.259 e. The highest BCUT2D eigenvalue weighted by atomic mass is 79.9. The molecule has 0 aliphatic rings. The van der Waals surface area contributed by atoms with Crippen molar-refractivity contribution < 1.29 is 14.3 Å². The topological polar surface area (TPSA) is 40.5 Å². The van der Waals surface area contributed by atoms with Crippen LogP contribution in [0.4, 0.5) is 10.1 Å². The molecule has 0 fully saturated rings. The van der Waals surface area contributed by atoms with Gasteiger partial charge >= 0.3 is 0 Å². The number of carbonyl (C=O) groups excluding carboxylic acids is 1. The molecule has 0 spiro atoms. The van der Waals surface area contributed by atoms with Crippen LogP contribution in [-0.2, 0) is 0 Å². The number of aromatic hydroxyl groups is 1. The summed E-state index contributed by atoms with van der Waals surface area (Å²) in [6.07, 6.45) is 0. The van der Waals surface area contributed by atoms with Gasteiger partial charge in [0, 0.05) is 23.3 Å². The van der Waals surface area contributed by atoms with Crippen molar-refractivity contribution in [1.29, 1.82) is 0 Å². The van der Waals surface area contributed by atoms with Gasteiger partial charge in [-0.05, 0) is 46.3 Å². The number of benzene rings is 2. The Hall–Kier alpha value is -1.88. The fourth-order valence-corrected chi connectivity index (χ4v) is 2.18. The number of amides is 1. The molecule has 0 aliphatic heterocycles. The molecule has 5 heteroatoms. The Morgan fingerprint density at radius 1 is 1.26 bits per heavy atom. The molecule has 0 heterocycles. The summed E-state index contributed by atoms with van der Waals surface area (Å²) in [6.45, 7) is 0. The van der Waals surface area contributed by atoms with E-state index in [1.807, 2.05) is 0 Å². The zero-order valence-electron chi connectivity index (χ0n) is 10.1. The Labute approximate surface area is 118 Å². The summed E-state index contributed by atoms with van der Waals surface area (Å²) in [4.78, 5) is 13.7. The van der Waals surface area contributed by atoms with E-state index in [4.69, 9.17) is 0 Å². The van der Waals surface area contributed by atoms with Gasteiger partial charge in [0.1, 0.15) is 11.6 Å². The van der Waals surface area contributed by atoms with Crippen molar-refractivity contribution in [2.45, 2.75) is 0 Å². The largest absolute Gasteiger partial charge is 0.508 e. The molecule has 0 aromatic heterocycles. The lowest BCUT2D eigenvalue weighted by molar-refractivity contribution is 0.0992. The van der Waals surface area contributed by atoms with E-state index in [2.05, 4.69) is 15.9 Å². The Kier molecular flexibility index (Phi) is 3.85. The standard InChI is InChI=1S/C14H11BrFNO2/c1-17(10-3-2-4-11(18)8-10)14(19)12-6-5-9(16)7-13(12)15/h2-8,18H,1H3. The van der Waals surface area contributed by atoms with Gasteiger partial charge < -0.3 is 10.0 Å². The van der Waals surface area contributed by atoms with Gasteiger partial charge in [-0.1, -0.05) is 6.07 Å². The fraction of sp³-hybridized carbons (Fsp3) is 0.0714. The minimum atomic E-state index is -0.413. The first-order chi connectivity index (χ1) is 8.99. The van der Waals surface area contributed by atoms with E-state index in [9.17, 15) is 14.3 Å². The first kappa shape index (κ1) is 13.5. The Morgan fingerprint density at radius 3 is 2.63 bits per heavy atom. The molecule has 0 unspecified atom stereocenters. The summed E-state index contributed by atoms with van der Waals surface area (Å²) in [5, 5.41) is 9.41. The molecular formula is C14H11BrFNO2. The van der Waals surface area contributed by atoms with Crippen LogP contribution >= 0.6 is 15.9 Å². The summed E-state index contributed by atoms with van der Waals surface area (Å²) in [7, 11) is 1.59. The number of anilines is 1. The molecule has 0 atom stereocenters. The molecule has 1 N–H and O–H groups in total. The molecule has 2 aromatic carbocycles. The summed E-state index contributed by atoms with van der Waals surface area (Å²) >= 11 is 3.17. The van der Waals surface area contributed by atoms with Gasteiger partial charge in [-0.3, -0.25) is 4.79 Å². The number of nitrogens with zero attached hydrogens (tertiary/aromatic N) is 1. The van der Waals surface area contributed by atoms with E-state index in [1.165, 1.54) is 35.2 Å². The molecule has 2 aromatic rings.